The number of carbonyl (C=O) groups excluding carboxylic acids is 1. The highest BCUT2D eigenvalue weighted by Crippen LogP contribution is 2.41. The molecule has 2 fully saturated rings. The van der Waals surface area contributed by atoms with Crippen molar-refractivity contribution in [3.8, 4) is 11.5 Å². The largest absolute Gasteiger partial charge is 0.454 e. The van der Waals surface area contributed by atoms with Crippen LogP contribution in [-0.2, 0) is 9.47 Å². The number of fused-ring (bicyclic) bond motifs is 2. The van der Waals surface area contributed by atoms with Crippen LogP contribution in [0.3, 0.4) is 0 Å². The van der Waals surface area contributed by atoms with Gasteiger partial charge in [0.15, 0.2) is 11.5 Å². The van der Waals surface area contributed by atoms with E-state index in [4.69, 9.17) is 18.9 Å². The Hall–Kier alpha value is -1.79. The Bertz CT molecular complexity index is 649. The second kappa shape index (κ2) is 6.84. The van der Waals surface area contributed by atoms with Crippen molar-refractivity contribution in [2.24, 2.45) is 5.41 Å². The van der Waals surface area contributed by atoms with Crippen molar-refractivity contribution in [3.63, 3.8) is 0 Å². The Labute approximate surface area is 148 Å². The number of piperidine rings is 1. The van der Waals surface area contributed by atoms with Crippen LogP contribution in [-0.4, -0.2) is 56.6 Å². The predicted molar refractivity (Wildman–Crippen MR) is 91.0 cm³/mol. The number of benzene rings is 1. The molecule has 0 aliphatic carbocycles. The zero-order chi connectivity index (χ0) is 17.3. The number of likely N-dealkylation sites (tertiary alicyclic amines) is 1. The highest BCUT2D eigenvalue weighted by Gasteiger charge is 2.47. The first-order chi connectivity index (χ1) is 12.2. The van der Waals surface area contributed by atoms with Gasteiger partial charge >= 0.3 is 0 Å². The van der Waals surface area contributed by atoms with E-state index in [0.717, 1.165) is 25.9 Å². The molecule has 2 saturated heterocycles. The predicted octanol–water partition coefficient (Wildman–Crippen LogP) is 2.46. The molecule has 1 aromatic carbocycles. The normalized spacial score (nSPS) is 27.9. The van der Waals surface area contributed by atoms with Gasteiger partial charge in [0.05, 0.1) is 12.7 Å². The number of carbonyl (C=O) groups is 1. The number of ether oxygens (including phenoxy) is 4. The molecule has 0 saturated carbocycles. The van der Waals surface area contributed by atoms with E-state index in [-0.39, 0.29) is 24.2 Å². The summed E-state index contributed by atoms with van der Waals surface area (Å²) in [5.41, 5.74) is 0.560. The van der Waals surface area contributed by atoms with Crippen LogP contribution >= 0.6 is 0 Å². The van der Waals surface area contributed by atoms with E-state index in [0.29, 0.717) is 43.4 Å². The van der Waals surface area contributed by atoms with Crippen molar-refractivity contribution in [2.75, 3.05) is 39.7 Å². The first-order valence-electron chi connectivity index (χ1n) is 9.10. The molecule has 2 atom stereocenters. The highest BCUT2D eigenvalue weighted by molar-refractivity contribution is 5.95. The summed E-state index contributed by atoms with van der Waals surface area (Å²) in [5.74, 6) is 1.38. The Kier molecular flexibility index (Phi) is 4.56. The number of nitrogens with zero attached hydrogens (tertiary/aromatic N) is 1. The monoisotopic (exact) mass is 347 g/mol. The van der Waals surface area contributed by atoms with Gasteiger partial charge in [0.25, 0.3) is 5.91 Å². The van der Waals surface area contributed by atoms with E-state index in [1.165, 1.54) is 0 Å². The van der Waals surface area contributed by atoms with Crippen LogP contribution in [0.1, 0.15) is 36.5 Å². The number of amides is 1. The molecule has 3 heterocycles. The second-order valence-electron chi connectivity index (χ2n) is 7.05. The van der Waals surface area contributed by atoms with Crippen LogP contribution in [0.15, 0.2) is 18.2 Å². The molecule has 3 aliphatic rings. The maximum absolute atomic E-state index is 13.0. The minimum Gasteiger partial charge on any atom is -0.454 e. The minimum atomic E-state index is -0.0848. The molecule has 1 aromatic rings. The number of hydrogen-bond acceptors (Lipinski definition) is 5. The Morgan fingerprint density at radius 1 is 1.36 bits per heavy atom. The van der Waals surface area contributed by atoms with Crippen LogP contribution in [0.25, 0.3) is 0 Å². The lowest BCUT2D eigenvalue weighted by Crippen LogP contribution is -2.58. The third-order valence-corrected chi connectivity index (χ3v) is 5.49. The molecule has 2 unspecified atom stereocenters. The summed E-state index contributed by atoms with van der Waals surface area (Å²) < 4.78 is 22.5. The molecule has 0 spiro atoms. The van der Waals surface area contributed by atoms with E-state index in [2.05, 4.69) is 0 Å². The zero-order valence-electron chi connectivity index (χ0n) is 14.7. The topological polar surface area (TPSA) is 57.2 Å². The van der Waals surface area contributed by atoms with Gasteiger partial charge in [-0.05, 0) is 44.4 Å². The van der Waals surface area contributed by atoms with Crippen molar-refractivity contribution in [3.05, 3.63) is 23.8 Å². The molecule has 0 aromatic heterocycles. The fourth-order valence-corrected chi connectivity index (χ4v) is 4.19. The van der Waals surface area contributed by atoms with E-state index >= 15 is 0 Å². The summed E-state index contributed by atoms with van der Waals surface area (Å²) in [6.45, 7) is 5.77. The van der Waals surface area contributed by atoms with Gasteiger partial charge in [-0.1, -0.05) is 0 Å². The van der Waals surface area contributed by atoms with Gasteiger partial charge < -0.3 is 23.8 Å². The smallest absolute Gasteiger partial charge is 0.254 e. The molecule has 6 heteroatoms. The van der Waals surface area contributed by atoms with E-state index in [1.54, 1.807) is 6.07 Å². The van der Waals surface area contributed by atoms with Gasteiger partial charge in [-0.25, -0.2) is 0 Å². The molecule has 0 N–H and O–H groups in total. The van der Waals surface area contributed by atoms with Crippen molar-refractivity contribution < 1.29 is 23.7 Å². The van der Waals surface area contributed by atoms with Gasteiger partial charge in [0.1, 0.15) is 0 Å². The standard InChI is InChI=1S/C19H25NO5/c1-2-22-12-19-7-3-9-23-17(19)6-8-20(11-19)18(21)14-4-5-15-16(10-14)25-13-24-15/h4-5,10,17H,2-3,6-9,11-13H2,1H3. The molecule has 136 valence electrons. The molecule has 25 heavy (non-hydrogen) atoms. The zero-order valence-corrected chi connectivity index (χ0v) is 14.7. The third kappa shape index (κ3) is 3.09. The fraction of sp³-hybridized carbons (Fsp3) is 0.632. The van der Waals surface area contributed by atoms with Crippen molar-refractivity contribution in [1.29, 1.82) is 0 Å². The van der Waals surface area contributed by atoms with Gasteiger partial charge in [-0.2, -0.15) is 0 Å². The average Bonchev–Trinajstić information content (AvgIpc) is 3.13. The van der Waals surface area contributed by atoms with Gasteiger partial charge in [0.2, 0.25) is 6.79 Å². The molecular weight excluding hydrogens is 322 g/mol. The lowest BCUT2D eigenvalue weighted by Gasteiger charge is -2.50. The fourth-order valence-electron chi connectivity index (χ4n) is 4.19. The molecule has 0 radical (unpaired) electrons. The lowest BCUT2D eigenvalue weighted by molar-refractivity contribution is -0.146. The first kappa shape index (κ1) is 16.7. The van der Waals surface area contributed by atoms with Crippen LogP contribution in [0.5, 0.6) is 11.5 Å². The molecule has 6 nitrogen and oxygen atoms in total. The van der Waals surface area contributed by atoms with Crippen LogP contribution in [0, 0.1) is 5.41 Å². The van der Waals surface area contributed by atoms with Crippen molar-refractivity contribution in [1.82, 2.24) is 4.90 Å². The van der Waals surface area contributed by atoms with Gasteiger partial charge in [0, 0.05) is 37.3 Å². The molecule has 0 bridgehead atoms. The van der Waals surface area contributed by atoms with Gasteiger partial charge in [-0.15, -0.1) is 0 Å². The SMILES string of the molecule is CCOCC12CCCOC1CCN(C(=O)c1ccc3c(c1)OCO3)C2. The van der Waals surface area contributed by atoms with Crippen molar-refractivity contribution >= 4 is 5.91 Å². The Balaban J connectivity index is 1.53. The van der Waals surface area contributed by atoms with Crippen LogP contribution in [0.2, 0.25) is 0 Å². The minimum absolute atomic E-state index is 0.0400. The van der Waals surface area contributed by atoms with Crippen LogP contribution in [0.4, 0.5) is 0 Å². The number of rotatable bonds is 4. The van der Waals surface area contributed by atoms with Gasteiger partial charge in [-0.3, -0.25) is 4.79 Å². The summed E-state index contributed by atoms with van der Waals surface area (Å²) in [4.78, 5) is 15.0. The Morgan fingerprint density at radius 2 is 2.24 bits per heavy atom. The second-order valence-corrected chi connectivity index (χ2v) is 7.05. The van der Waals surface area contributed by atoms with E-state index in [1.807, 2.05) is 24.0 Å². The molecular formula is C19H25NO5. The maximum Gasteiger partial charge on any atom is 0.254 e. The lowest BCUT2D eigenvalue weighted by atomic mass is 9.73. The summed E-state index contributed by atoms with van der Waals surface area (Å²) in [7, 11) is 0. The van der Waals surface area contributed by atoms with E-state index < -0.39 is 0 Å². The summed E-state index contributed by atoms with van der Waals surface area (Å²) in [6.07, 6.45) is 3.12. The van der Waals surface area contributed by atoms with Crippen molar-refractivity contribution in [2.45, 2.75) is 32.3 Å². The maximum atomic E-state index is 13.0. The first-order valence-corrected chi connectivity index (χ1v) is 9.10. The third-order valence-electron chi connectivity index (χ3n) is 5.49. The molecule has 4 rings (SSSR count). The summed E-state index contributed by atoms with van der Waals surface area (Å²) in [5, 5.41) is 0. The molecule has 3 aliphatic heterocycles. The number of hydrogen-bond donors (Lipinski definition) is 0. The quantitative estimate of drug-likeness (QED) is 0.837. The Morgan fingerprint density at radius 3 is 3.12 bits per heavy atom. The molecule has 1 amide bonds. The average molecular weight is 347 g/mol. The summed E-state index contributed by atoms with van der Waals surface area (Å²) in [6, 6.07) is 5.40. The van der Waals surface area contributed by atoms with Crippen LogP contribution < -0.4 is 9.47 Å². The summed E-state index contributed by atoms with van der Waals surface area (Å²) >= 11 is 0. The van der Waals surface area contributed by atoms with E-state index in [9.17, 15) is 4.79 Å². The highest BCUT2D eigenvalue weighted by atomic mass is 16.7.